The molecule has 1 heterocycles. The summed E-state index contributed by atoms with van der Waals surface area (Å²) in [6.07, 6.45) is 3.59. The van der Waals surface area contributed by atoms with E-state index < -0.39 is 12.0 Å². The third-order valence-electron chi connectivity index (χ3n) is 2.50. The number of thiophene rings is 1. The molecule has 0 aliphatic rings. The van der Waals surface area contributed by atoms with E-state index in [1.54, 1.807) is 12.1 Å². The standard InChI is InChI=1S/C14H18ClNO3S/c1-9(2)8-11(14(18)19-3)16-13(17)7-5-10-4-6-12(15)20-10/h4-7,9,11H,8H2,1-3H3,(H,16,17)/b7-5+. The number of carbonyl (C=O) groups excluding carboxylic acids is 2. The number of amides is 1. The Balaban J connectivity index is 2.61. The lowest BCUT2D eigenvalue weighted by Crippen LogP contribution is -2.41. The van der Waals surface area contributed by atoms with Crippen molar-refractivity contribution in [1.29, 1.82) is 0 Å². The van der Waals surface area contributed by atoms with Crippen LogP contribution in [-0.4, -0.2) is 25.0 Å². The molecule has 0 aliphatic heterocycles. The molecule has 1 N–H and O–H groups in total. The van der Waals surface area contributed by atoms with Crippen LogP contribution in [0.5, 0.6) is 0 Å². The molecule has 4 nitrogen and oxygen atoms in total. The maximum absolute atomic E-state index is 11.8. The first kappa shape index (κ1) is 16.7. The van der Waals surface area contributed by atoms with Crippen molar-refractivity contribution in [1.82, 2.24) is 5.32 Å². The Morgan fingerprint density at radius 3 is 2.65 bits per heavy atom. The maximum atomic E-state index is 11.8. The molecule has 1 atom stereocenters. The van der Waals surface area contributed by atoms with Gasteiger partial charge in [0.05, 0.1) is 11.4 Å². The molecular weight excluding hydrogens is 298 g/mol. The molecule has 0 fully saturated rings. The van der Waals surface area contributed by atoms with E-state index >= 15 is 0 Å². The summed E-state index contributed by atoms with van der Waals surface area (Å²) in [5, 5.41) is 2.65. The van der Waals surface area contributed by atoms with Crippen LogP contribution in [0.25, 0.3) is 6.08 Å². The Labute approximate surface area is 127 Å². The van der Waals surface area contributed by atoms with Gasteiger partial charge in [0.25, 0.3) is 0 Å². The summed E-state index contributed by atoms with van der Waals surface area (Å²) in [6, 6.07) is 2.96. The van der Waals surface area contributed by atoms with Crippen LogP contribution in [-0.2, 0) is 14.3 Å². The van der Waals surface area contributed by atoms with Gasteiger partial charge < -0.3 is 10.1 Å². The Morgan fingerprint density at radius 2 is 2.15 bits per heavy atom. The van der Waals surface area contributed by atoms with Crippen molar-refractivity contribution in [2.45, 2.75) is 26.3 Å². The fraction of sp³-hybridized carbons (Fsp3) is 0.429. The Bertz CT molecular complexity index is 496. The van der Waals surface area contributed by atoms with Crippen LogP contribution in [0.2, 0.25) is 4.34 Å². The number of hydrogen-bond acceptors (Lipinski definition) is 4. The predicted octanol–water partition coefficient (Wildman–Crippen LogP) is 3.12. The fourth-order valence-electron chi connectivity index (χ4n) is 1.62. The van der Waals surface area contributed by atoms with Crippen molar-refractivity contribution in [2.24, 2.45) is 5.92 Å². The monoisotopic (exact) mass is 315 g/mol. The first-order chi connectivity index (χ1) is 9.42. The van der Waals surface area contributed by atoms with Gasteiger partial charge in [0.1, 0.15) is 6.04 Å². The quantitative estimate of drug-likeness (QED) is 0.648. The summed E-state index contributed by atoms with van der Waals surface area (Å²) in [7, 11) is 1.31. The number of methoxy groups -OCH3 is 1. The van der Waals surface area contributed by atoms with Crippen LogP contribution in [0, 0.1) is 5.92 Å². The summed E-state index contributed by atoms with van der Waals surface area (Å²) >= 11 is 7.18. The smallest absolute Gasteiger partial charge is 0.328 e. The molecule has 0 aliphatic carbocycles. The van der Waals surface area contributed by atoms with E-state index in [9.17, 15) is 9.59 Å². The molecular formula is C14H18ClNO3S. The molecule has 0 saturated carbocycles. The van der Waals surface area contributed by atoms with Crippen molar-refractivity contribution < 1.29 is 14.3 Å². The third-order valence-corrected chi connectivity index (χ3v) is 3.70. The fourth-order valence-corrected chi connectivity index (χ4v) is 2.59. The van der Waals surface area contributed by atoms with E-state index in [1.807, 2.05) is 19.9 Å². The number of esters is 1. The van der Waals surface area contributed by atoms with E-state index in [4.69, 9.17) is 11.6 Å². The molecule has 0 radical (unpaired) electrons. The minimum absolute atomic E-state index is 0.277. The Hall–Kier alpha value is -1.33. The number of ether oxygens (including phenoxy) is 1. The molecule has 1 rings (SSSR count). The van der Waals surface area contributed by atoms with Gasteiger partial charge in [-0.15, -0.1) is 11.3 Å². The molecule has 0 aromatic carbocycles. The number of halogens is 1. The summed E-state index contributed by atoms with van der Waals surface area (Å²) in [4.78, 5) is 24.3. The molecule has 0 spiro atoms. The van der Waals surface area contributed by atoms with Gasteiger partial charge >= 0.3 is 5.97 Å². The molecule has 1 aromatic rings. The van der Waals surface area contributed by atoms with Crippen LogP contribution >= 0.6 is 22.9 Å². The normalized spacial score (nSPS) is 12.7. The molecule has 1 aromatic heterocycles. The first-order valence-electron chi connectivity index (χ1n) is 6.24. The Kier molecular flexibility index (Phi) is 6.75. The zero-order valence-electron chi connectivity index (χ0n) is 11.7. The number of nitrogens with one attached hydrogen (secondary N) is 1. The lowest BCUT2D eigenvalue weighted by molar-refractivity contribution is -0.145. The van der Waals surface area contributed by atoms with Gasteiger partial charge in [0, 0.05) is 11.0 Å². The van der Waals surface area contributed by atoms with Gasteiger partial charge in [-0.25, -0.2) is 4.79 Å². The van der Waals surface area contributed by atoms with Crippen molar-refractivity contribution in [2.75, 3.05) is 7.11 Å². The van der Waals surface area contributed by atoms with Crippen molar-refractivity contribution in [3.63, 3.8) is 0 Å². The van der Waals surface area contributed by atoms with Crippen molar-refractivity contribution in [3.05, 3.63) is 27.4 Å². The maximum Gasteiger partial charge on any atom is 0.328 e. The van der Waals surface area contributed by atoms with E-state index in [-0.39, 0.29) is 11.8 Å². The zero-order chi connectivity index (χ0) is 15.1. The largest absolute Gasteiger partial charge is 0.467 e. The van der Waals surface area contributed by atoms with Gasteiger partial charge in [-0.05, 0) is 30.5 Å². The topological polar surface area (TPSA) is 55.4 Å². The summed E-state index contributed by atoms with van der Waals surface area (Å²) in [5.74, 6) is -0.482. The zero-order valence-corrected chi connectivity index (χ0v) is 13.3. The van der Waals surface area contributed by atoms with Crippen LogP contribution < -0.4 is 5.32 Å². The highest BCUT2D eigenvalue weighted by molar-refractivity contribution is 7.17. The molecule has 0 saturated heterocycles. The molecule has 6 heteroatoms. The Morgan fingerprint density at radius 1 is 1.45 bits per heavy atom. The second-order valence-corrected chi connectivity index (χ2v) is 6.44. The van der Waals surface area contributed by atoms with Gasteiger partial charge in [0.15, 0.2) is 0 Å². The SMILES string of the molecule is COC(=O)C(CC(C)C)NC(=O)/C=C/c1ccc(Cl)s1. The molecule has 0 bridgehead atoms. The number of rotatable bonds is 6. The van der Waals surface area contributed by atoms with Crippen LogP contribution in [0.4, 0.5) is 0 Å². The molecule has 110 valence electrons. The van der Waals surface area contributed by atoms with E-state index in [0.717, 1.165) is 4.88 Å². The second-order valence-electron chi connectivity index (χ2n) is 4.69. The van der Waals surface area contributed by atoms with Gasteiger partial charge in [-0.1, -0.05) is 25.4 Å². The van der Waals surface area contributed by atoms with Gasteiger partial charge in [-0.2, -0.15) is 0 Å². The number of carbonyl (C=O) groups is 2. The average molecular weight is 316 g/mol. The molecule has 20 heavy (non-hydrogen) atoms. The van der Waals surface area contributed by atoms with Crippen LogP contribution in [0.1, 0.15) is 25.1 Å². The third kappa shape index (κ3) is 5.75. The lowest BCUT2D eigenvalue weighted by atomic mass is 10.0. The second kappa shape index (κ2) is 8.07. The van der Waals surface area contributed by atoms with Crippen LogP contribution in [0.15, 0.2) is 18.2 Å². The molecule has 1 amide bonds. The first-order valence-corrected chi connectivity index (χ1v) is 7.43. The predicted molar refractivity (Wildman–Crippen MR) is 81.8 cm³/mol. The molecule has 1 unspecified atom stereocenters. The minimum atomic E-state index is -0.621. The lowest BCUT2D eigenvalue weighted by Gasteiger charge is -2.17. The summed E-state index contributed by atoms with van der Waals surface area (Å²) in [6.45, 7) is 3.96. The van der Waals surface area contributed by atoms with E-state index in [2.05, 4.69) is 10.1 Å². The average Bonchev–Trinajstić information content (AvgIpc) is 2.80. The van der Waals surface area contributed by atoms with Gasteiger partial charge in [0.2, 0.25) is 5.91 Å². The highest BCUT2D eigenvalue weighted by Gasteiger charge is 2.21. The van der Waals surface area contributed by atoms with Crippen molar-refractivity contribution >= 4 is 40.9 Å². The number of hydrogen-bond donors (Lipinski definition) is 1. The van der Waals surface area contributed by atoms with Crippen LogP contribution in [0.3, 0.4) is 0 Å². The van der Waals surface area contributed by atoms with Gasteiger partial charge in [-0.3, -0.25) is 4.79 Å². The van der Waals surface area contributed by atoms with Crippen molar-refractivity contribution in [3.8, 4) is 0 Å². The summed E-state index contributed by atoms with van der Waals surface area (Å²) < 4.78 is 5.35. The van der Waals surface area contributed by atoms with E-state index in [0.29, 0.717) is 10.8 Å². The highest BCUT2D eigenvalue weighted by Crippen LogP contribution is 2.22. The minimum Gasteiger partial charge on any atom is -0.467 e. The highest BCUT2D eigenvalue weighted by atomic mass is 35.5. The van der Waals surface area contributed by atoms with E-state index in [1.165, 1.54) is 24.5 Å². The summed E-state index contributed by atoms with van der Waals surface area (Å²) in [5.41, 5.74) is 0.